The third-order valence-electron chi connectivity index (χ3n) is 2.53. The van der Waals surface area contributed by atoms with Crippen molar-refractivity contribution in [3.63, 3.8) is 0 Å². The molecule has 0 aliphatic rings. The Morgan fingerprint density at radius 2 is 2.22 bits per heavy atom. The summed E-state index contributed by atoms with van der Waals surface area (Å²) in [6, 6.07) is 6.22. The smallest absolute Gasteiger partial charge is 0.241 e. The number of nitrogens with one attached hydrogen (secondary N) is 1. The van der Waals surface area contributed by atoms with E-state index in [1.54, 1.807) is 0 Å². The first-order valence-electron chi connectivity index (χ1n) is 5.49. The van der Waals surface area contributed by atoms with E-state index in [4.69, 9.17) is 11.6 Å². The van der Waals surface area contributed by atoms with Crippen molar-refractivity contribution in [2.75, 3.05) is 11.2 Å². The third kappa shape index (κ3) is 2.89. The molecule has 94 valence electrons. The molecule has 0 saturated heterocycles. The van der Waals surface area contributed by atoms with Crippen LogP contribution in [0.3, 0.4) is 0 Å². The summed E-state index contributed by atoms with van der Waals surface area (Å²) in [5, 5.41) is 5.16. The number of halogens is 1. The van der Waals surface area contributed by atoms with Crippen LogP contribution in [0.4, 0.5) is 5.13 Å². The molecular weight excluding hydrogens is 268 g/mol. The lowest BCUT2D eigenvalue weighted by atomic mass is 10.0. The number of carbonyl (C=O) groups excluding carboxylic acids is 1. The summed E-state index contributed by atoms with van der Waals surface area (Å²) in [5.74, 6) is -0.295. The Balaban J connectivity index is 2.26. The van der Waals surface area contributed by atoms with Crippen molar-refractivity contribution in [1.29, 1.82) is 0 Å². The quantitative estimate of drug-likeness (QED) is 0.873. The average Bonchev–Trinajstić information content (AvgIpc) is 2.77. The number of thiazole rings is 1. The minimum atomic E-state index is -0.238. The number of alkyl halides is 1. The summed E-state index contributed by atoms with van der Waals surface area (Å²) in [6.07, 6.45) is 0. The normalized spacial score (nSPS) is 10.4. The molecule has 5 heteroatoms. The molecule has 0 spiro atoms. The Hall–Kier alpha value is -1.39. The van der Waals surface area contributed by atoms with Gasteiger partial charge in [-0.1, -0.05) is 23.8 Å². The molecule has 0 radical (unpaired) electrons. The number of rotatable bonds is 3. The second kappa shape index (κ2) is 5.50. The van der Waals surface area contributed by atoms with Crippen molar-refractivity contribution in [1.82, 2.24) is 4.98 Å². The Bertz CT molecular complexity index is 580. The van der Waals surface area contributed by atoms with E-state index in [2.05, 4.69) is 36.3 Å². The van der Waals surface area contributed by atoms with E-state index in [1.165, 1.54) is 22.5 Å². The van der Waals surface area contributed by atoms with Crippen molar-refractivity contribution in [2.24, 2.45) is 0 Å². The van der Waals surface area contributed by atoms with Gasteiger partial charge in [-0.3, -0.25) is 4.79 Å². The number of amides is 1. The minimum Gasteiger partial charge on any atom is -0.301 e. The van der Waals surface area contributed by atoms with Crippen molar-refractivity contribution >= 4 is 34.0 Å². The van der Waals surface area contributed by atoms with Gasteiger partial charge in [-0.05, 0) is 19.4 Å². The first-order valence-corrected chi connectivity index (χ1v) is 6.90. The summed E-state index contributed by atoms with van der Waals surface area (Å²) in [4.78, 5) is 15.5. The van der Waals surface area contributed by atoms with Gasteiger partial charge in [-0.25, -0.2) is 4.98 Å². The highest BCUT2D eigenvalue weighted by Gasteiger charge is 2.09. The summed E-state index contributed by atoms with van der Waals surface area (Å²) in [6.45, 7) is 4.11. The van der Waals surface area contributed by atoms with Gasteiger partial charge >= 0.3 is 0 Å². The minimum absolute atomic E-state index is 0.0571. The lowest BCUT2D eigenvalue weighted by Gasteiger charge is -2.03. The van der Waals surface area contributed by atoms with Crippen molar-refractivity contribution in [2.45, 2.75) is 13.8 Å². The Morgan fingerprint density at radius 1 is 1.44 bits per heavy atom. The summed E-state index contributed by atoms with van der Waals surface area (Å²) >= 11 is 6.83. The van der Waals surface area contributed by atoms with Crippen LogP contribution in [0.25, 0.3) is 11.3 Å². The largest absolute Gasteiger partial charge is 0.301 e. The highest BCUT2D eigenvalue weighted by Crippen LogP contribution is 2.27. The second-order valence-electron chi connectivity index (χ2n) is 4.04. The van der Waals surface area contributed by atoms with Crippen LogP contribution in [-0.4, -0.2) is 16.8 Å². The predicted molar refractivity (Wildman–Crippen MR) is 76.4 cm³/mol. The number of aromatic nitrogens is 1. The van der Waals surface area contributed by atoms with E-state index < -0.39 is 0 Å². The molecule has 1 aromatic carbocycles. The van der Waals surface area contributed by atoms with Gasteiger partial charge in [0.05, 0.1) is 5.69 Å². The van der Waals surface area contributed by atoms with Crippen LogP contribution in [0.1, 0.15) is 11.1 Å². The molecule has 1 amide bonds. The van der Waals surface area contributed by atoms with E-state index in [1.807, 2.05) is 11.4 Å². The van der Waals surface area contributed by atoms with E-state index >= 15 is 0 Å². The molecule has 2 aromatic rings. The highest BCUT2D eigenvalue weighted by molar-refractivity contribution is 7.14. The van der Waals surface area contributed by atoms with Crippen molar-refractivity contribution in [3.8, 4) is 11.3 Å². The number of benzene rings is 1. The Kier molecular flexibility index (Phi) is 3.99. The highest BCUT2D eigenvalue weighted by atomic mass is 35.5. The van der Waals surface area contributed by atoms with Crippen LogP contribution in [0.5, 0.6) is 0 Å². The van der Waals surface area contributed by atoms with Gasteiger partial charge in [0.15, 0.2) is 5.13 Å². The molecule has 1 aromatic heterocycles. The predicted octanol–water partition coefficient (Wildman–Crippen LogP) is 3.60. The molecule has 0 fully saturated rings. The third-order valence-corrected chi connectivity index (χ3v) is 3.53. The fourth-order valence-electron chi connectivity index (χ4n) is 1.71. The molecule has 3 nitrogen and oxygen atoms in total. The summed E-state index contributed by atoms with van der Waals surface area (Å²) in [5.41, 5.74) is 4.36. The number of hydrogen-bond donors (Lipinski definition) is 1. The van der Waals surface area contributed by atoms with Gasteiger partial charge in [0.1, 0.15) is 5.88 Å². The fraction of sp³-hybridized carbons (Fsp3) is 0.231. The Labute approximate surface area is 115 Å². The number of hydrogen-bond acceptors (Lipinski definition) is 3. The Morgan fingerprint density at radius 3 is 2.89 bits per heavy atom. The van der Waals surface area contributed by atoms with Gasteiger partial charge in [-0.15, -0.1) is 22.9 Å². The summed E-state index contributed by atoms with van der Waals surface area (Å²) in [7, 11) is 0. The topological polar surface area (TPSA) is 42.0 Å². The molecule has 2 rings (SSSR count). The SMILES string of the molecule is Cc1ccc(-c2csc(NC(=O)CCl)n2)c(C)c1. The molecule has 0 aliphatic carbocycles. The van der Waals surface area contributed by atoms with E-state index in [-0.39, 0.29) is 11.8 Å². The van der Waals surface area contributed by atoms with E-state index in [9.17, 15) is 4.79 Å². The number of aryl methyl sites for hydroxylation is 2. The van der Waals surface area contributed by atoms with Gasteiger partial charge in [-0.2, -0.15) is 0 Å². The molecule has 0 atom stereocenters. The number of anilines is 1. The zero-order valence-corrected chi connectivity index (χ0v) is 11.7. The van der Waals surface area contributed by atoms with Gasteiger partial charge < -0.3 is 5.32 Å². The molecule has 0 saturated carbocycles. The fourth-order valence-corrected chi connectivity index (χ4v) is 2.50. The zero-order chi connectivity index (χ0) is 13.1. The molecule has 0 unspecified atom stereocenters. The van der Waals surface area contributed by atoms with Crippen LogP contribution in [-0.2, 0) is 4.79 Å². The first-order chi connectivity index (χ1) is 8.60. The standard InChI is InChI=1S/C13H13ClN2OS/c1-8-3-4-10(9(2)5-8)11-7-18-13(15-11)16-12(17)6-14/h3-5,7H,6H2,1-2H3,(H,15,16,17). The molecule has 0 aliphatic heterocycles. The van der Waals surface area contributed by atoms with E-state index in [0.717, 1.165) is 11.3 Å². The lowest BCUT2D eigenvalue weighted by Crippen LogP contribution is -2.12. The van der Waals surface area contributed by atoms with Gasteiger partial charge in [0.25, 0.3) is 0 Å². The number of nitrogens with zero attached hydrogens (tertiary/aromatic N) is 1. The van der Waals surface area contributed by atoms with Crippen LogP contribution in [0, 0.1) is 13.8 Å². The average molecular weight is 281 g/mol. The zero-order valence-electron chi connectivity index (χ0n) is 10.2. The monoisotopic (exact) mass is 280 g/mol. The van der Waals surface area contributed by atoms with Crippen LogP contribution in [0.2, 0.25) is 0 Å². The second-order valence-corrected chi connectivity index (χ2v) is 5.16. The van der Waals surface area contributed by atoms with Crippen LogP contribution < -0.4 is 5.32 Å². The maximum absolute atomic E-state index is 11.2. The molecule has 1 N–H and O–H groups in total. The van der Waals surface area contributed by atoms with Crippen molar-refractivity contribution < 1.29 is 4.79 Å². The molecule has 1 heterocycles. The maximum atomic E-state index is 11.2. The molecular formula is C13H13ClN2OS. The lowest BCUT2D eigenvalue weighted by molar-refractivity contribution is -0.113. The van der Waals surface area contributed by atoms with Crippen molar-refractivity contribution in [3.05, 3.63) is 34.7 Å². The van der Waals surface area contributed by atoms with Crippen LogP contribution >= 0.6 is 22.9 Å². The van der Waals surface area contributed by atoms with E-state index in [0.29, 0.717) is 5.13 Å². The maximum Gasteiger partial charge on any atom is 0.241 e. The van der Waals surface area contributed by atoms with Gasteiger partial charge in [0.2, 0.25) is 5.91 Å². The molecule has 18 heavy (non-hydrogen) atoms. The molecule has 0 bridgehead atoms. The first kappa shape index (κ1) is 13.1. The summed E-state index contributed by atoms with van der Waals surface area (Å²) < 4.78 is 0. The van der Waals surface area contributed by atoms with Gasteiger partial charge in [0, 0.05) is 10.9 Å². The number of carbonyl (C=O) groups is 1. The van der Waals surface area contributed by atoms with Crippen LogP contribution in [0.15, 0.2) is 23.6 Å².